The molecule has 156 valence electrons. The van der Waals surface area contributed by atoms with Crippen LogP contribution in [0, 0.1) is 6.92 Å². The predicted molar refractivity (Wildman–Crippen MR) is 120 cm³/mol. The van der Waals surface area contributed by atoms with E-state index in [4.69, 9.17) is 9.47 Å². The number of ether oxygens (including phenoxy) is 2. The lowest BCUT2D eigenvalue weighted by Crippen LogP contribution is -2.32. The highest BCUT2D eigenvalue weighted by Gasteiger charge is 2.40. The summed E-state index contributed by atoms with van der Waals surface area (Å²) in [5, 5.41) is 3.15. The number of hydrogen-bond acceptors (Lipinski definition) is 5. The molecule has 6 heteroatoms. The smallest absolute Gasteiger partial charge is 0.282 e. The Morgan fingerprint density at radius 1 is 0.710 bits per heavy atom. The first kappa shape index (κ1) is 20.2. The van der Waals surface area contributed by atoms with E-state index in [-0.39, 0.29) is 11.6 Å². The van der Waals surface area contributed by atoms with E-state index in [9.17, 15) is 9.59 Å². The predicted octanol–water partition coefficient (Wildman–Crippen LogP) is 4.41. The van der Waals surface area contributed by atoms with Crippen molar-refractivity contribution in [1.29, 1.82) is 0 Å². The van der Waals surface area contributed by atoms with Crippen LogP contribution in [0.1, 0.15) is 11.1 Å². The van der Waals surface area contributed by atoms with Gasteiger partial charge in [0.05, 0.1) is 25.5 Å². The van der Waals surface area contributed by atoms with E-state index in [2.05, 4.69) is 5.32 Å². The van der Waals surface area contributed by atoms with Crippen LogP contribution >= 0.6 is 0 Å². The maximum atomic E-state index is 13.4. The molecule has 0 saturated heterocycles. The van der Waals surface area contributed by atoms with Gasteiger partial charge in [-0.25, -0.2) is 4.90 Å². The zero-order valence-corrected chi connectivity index (χ0v) is 17.5. The van der Waals surface area contributed by atoms with E-state index in [1.54, 1.807) is 62.8 Å². The fourth-order valence-electron chi connectivity index (χ4n) is 3.42. The van der Waals surface area contributed by atoms with Gasteiger partial charge in [-0.1, -0.05) is 29.8 Å². The lowest BCUT2D eigenvalue weighted by atomic mass is 10.0. The van der Waals surface area contributed by atoms with Crippen molar-refractivity contribution in [3.05, 3.63) is 89.6 Å². The standard InChI is InChI=1S/C25H22N2O4/c1-16-4-6-17(7-5-16)22-23(26-18-8-12-20(30-2)13-9-18)25(29)27(24(22)28)19-10-14-21(31-3)15-11-19/h4-15,26H,1-3H3. The Morgan fingerprint density at radius 3 is 1.81 bits per heavy atom. The first-order chi connectivity index (χ1) is 15.0. The van der Waals surface area contributed by atoms with Gasteiger partial charge in [0, 0.05) is 5.69 Å². The Bertz CT molecular complexity index is 1150. The largest absolute Gasteiger partial charge is 0.497 e. The molecular weight excluding hydrogens is 392 g/mol. The number of amides is 2. The maximum Gasteiger partial charge on any atom is 0.282 e. The van der Waals surface area contributed by atoms with Gasteiger partial charge in [-0.15, -0.1) is 0 Å². The second kappa shape index (κ2) is 8.36. The Labute approximate surface area is 180 Å². The number of carbonyl (C=O) groups excluding carboxylic acids is 2. The molecule has 0 aliphatic carbocycles. The molecule has 1 heterocycles. The highest BCUT2D eigenvalue weighted by molar-refractivity contribution is 6.46. The molecule has 4 rings (SSSR count). The number of nitrogens with zero attached hydrogens (tertiary/aromatic N) is 1. The second-order valence-electron chi connectivity index (χ2n) is 7.11. The van der Waals surface area contributed by atoms with Crippen LogP contribution in [-0.4, -0.2) is 26.0 Å². The lowest BCUT2D eigenvalue weighted by Gasteiger charge is -2.16. The molecule has 0 unspecified atom stereocenters. The monoisotopic (exact) mass is 414 g/mol. The number of carbonyl (C=O) groups is 2. The first-order valence-electron chi connectivity index (χ1n) is 9.77. The van der Waals surface area contributed by atoms with Gasteiger partial charge in [-0.05, 0) is 61.0 Å². The van der Waals surface area contributed by atoms with Crippen molar-refractivity contribution >= 4 is 28.8 Å². The van der Waals surface area contributed by atoms with Crippen molar-refractivity contribution in [2.75, 3.05) is 24.4 Å². The summed E-state index contributed by atoms with van der Waals surface area (Å²) >= 11 is 0. The topological polar surface area (TPSA) is 67.9 Å². The summed E-state index contributed by atoms with van der Waals surface area (Å²) in [7, 11) is 3.15. The molecule has 3 aromatic carbocycles. The molecule has 0 spiro atoms. The van der Waals surface area contributed by atoms with E-state index in [0.717, 1.165) is 5.56 Å². The molecule has 0 aromatic heterocycles. The van der Waals surface area contributed by atoms with Crippen LogP contribution in [-0.2, 0) is 9.59 Å². The van der Waals surface area contributed by atoms with Crippen LogP contribution in [0.25, 0.3) is 5.57 Å². The SMILES string of the molecule is COc1ccc(NC2=C(c3ccc(C)cc3)C(=O)N(c3ccc(OC)cc3)C2=O)cc1. The van der Waals surface area contributed by atoms with Crippen LogP contribution in [0.3, 0.4) is 0 Å². The van der Waals surface area contributed by atoms with Gasteiger partial charge in [-0.2, -0.15) is 0 Å². The van der Waals surface area contributed by atoms with Crippen LogP contribution in [0.15, 0.2) is 78.5 Å². The van der Waals surface area contributed by atoms with Crippen molar-refractivity contribution in [3.63, 3.8) is 0 Å². The second-order valence-corrected chi connectivity index (χ2v) is 7.11. The average Bonchev–Trinajstić information content (AvgIpc) is 3.04. The summed E-state index contributed by atoms with van der Waals surface area (Å²) in [6.07, 6.45) is 0. The summed E-state index contributed by atoms with van der Waals surface area (Å²) in [5.41, 5.74) is 3.46. The number of anilines is 2. The normalized spacial score (nSPS) is 13.6. The number of methoxy groups -OCH3 is 2. The number of imide groups is 1. The number of hydrogen-bond donors (Lipinski definition) is 1. The van der Waals surface area contributed by atoms with Crippen LogP contribution in [0.5, 0.6) is 11.5 Å². The summed E-state index contributed by atoms with van der Waals surface area (Å²) in [4.78, 5) is 28.0. The van der Waals surface area contributed by atoms with Gasteiger partial charge in [0.2, 0.25) is 0 Å². The molecule has 2 amide bonds. The summed E-state index contributed by atoms with van der Waals surface area (Å²) in [6.45, 7) is 1.97. The van der Waals surface area contributed by atoms with E-state index < -0.39 is 5.91 Å². The zero-order chi connectivity index (χ0) is 22.0. The minimum absolute atomic E-state index is 0.231. The maximum absolute atomic E-state index is 13.4. The molecule has 1 aliphatic rings. The number of nitrogens with one attached hydrogen (secondary N) is 1. The molecule has 0 fully saturated rings. The van der Waals surface area contributed by atoms with Crippen molar-refractivity contribution in [2.24, 2.45) is 0 Å². The lowest BCUT2D eigenvalue weighted by molar-refractivity contribution is -0.120. The highest BCUT2D eigenvalue weighted by Crippen LogP contribution is 2.34. The molecule has 0 atom stereocenters. The molecule has 3 aromatic rings. The van der Waals surface area contributed by atoms with Gasteiger partial charge in [0.1, 0.15) is 17.2 Å². The fraction of sp³-hybridized carbons (Fsp3) is 0.120. The Hall–Kier alpha value is -4.06. The number of benzene rings is 3. The molecule has 1 N–H and O–H groups in total. The van der Waals surface area contributed by atoms with Gasteiger partial charge in [0.25, 0.3) is 11.8 Å². The molecule has 0 bridgehead atoms. The summed E-state index contributed by atoms with van der Waals surface area (Å²) in [6, 6.07) is 21.5. The first-order valence-corrected chi connectivity index (χ1v) is 9.77. The van der Waals surface area contributed by atoms with Crippen LogP contribution in [0.4, 0.5) is 11.4 Å². The highest BCUT2D eigenvalue weighted by atomic mass is 16.5. The van der Waals surface area contributed by atoms with Crippen molar-refractivity contribution in [2.45, 2.75) is 6.92 Å². The number of aryl methyl sites for hydroxylation is 1. The molecule has 6 nitrogen and oxygen atoms in total. The van der Waals surface area contributed by atoms with Crippen molar-refractivity contribution in [3.8, 4) is 11.5 Å². The Balaban J connectivity index is 1.77. The average molecular weight is 414 g/mol. The Kier molecular flexibility index (Phi) is 5.45. The Morgan fingerprint density at radius 2 is 1.26 bits per heavy atom. The number of rotatable bonds is 6. The van der Waals surface area contributed by atoms with Crippen LogP contribution < -0.4 is 19.7 Å². The van der Waals surface area contributed by atoms with Crippen LogP contribution in [0.2, 0.25) is 0 Å². The van der Waals surface area contributed by atoms with Crippen molar-refractivity contribution in [1.82, 2.24) is 0 Å². The molecule has 0 saturated carbocycles. The molecule has 0 radical (unpaired) electrons. The van der Waals surface area contributed by atoms with Gasteiger partial charge in [-0.3, -0.25) is 9.59 Å². The van der Waals surface area contributed by atoms with E-state index in [0.29, 0.717) is 34.0 Å². The zero-order valence-electron chi connectivity index (χ0n) is 17.5. The van der Waals surface area contributed by atoms with E-state index in [1.165, 1.54) is 4.90 Å². The molecule has 1 aliphatic heterocycles. The third-order valence-corrected chi connectivity index (χ3v) is 5.11. The third kappa shape index (κ3) is 3.88. The minimum atomic E-state index is -0.415. The molecular formula is C25H22N2O4. The van der Waals surface area contributed by atoms with Crippen molar-refractivity contribution < 1.29 is 19.1 Å². The third-order valence-electron chi connectivity index (χ3n) is 5.11. The minimum Gasteiger partial charge on any atom is -0.497 e. The van der Waals surface area contributed by atoms with E-state index >= 15 is 0 Å². The van der Waals surface area contributed by atoms with Gasteiger partial charge in [0.15, 0.2) is 0 Å². The summed E-state index contributed by atoms with van der Waals surface area (Å²) < 4.78 is 10.4. The fourth-order valence-corrected chi connectivity index (χ4v) is 3.42. The summed E-state index contributed by atoms with van der Waals surface area (Å²) in [5.74, 6) is 0.551. The van der Waals surface area contributed by atoms with Gasteiger partial charge < -0.3 is 14.8 Å². The van der Waals surface area contributed by atoms with Gasteiger partial charge >= 0.3 is 0 Å². The van der Waals surface area contributed by atoms with E-state index in [1.807, 2.05) is 31.2 Å². The molecule has 31 heavy (non-hydrogen) atoms. The quantitative estimate of drug-likeness (QED) is 0.605.